The molecule has 2 heterocycles. The van der Waals surface area contributed by atoms with Gasteiger partial charge in [-0.2, -0.15) is 4.98 Å². The molecule has 24 heavy (non-hydrogen) atoms. The zero-order valence-corrected chi connectivity index (χ0v) is 15.3. The molecule has 0 saturated carbocycles. The Balaban J connectivity index is 1.65. The van der Waals surface area contributed by atoms with E-state index in [0.717, 1.165) is 17.8 Å². The molecule has 0 saturated heterocycles. The van der Waals surface area contributed by atoms with E-state index in [-0.39, 0.29) is 12.3 Å². The Hall–Kier alpha value is -2.00. The molecule has 2 aromatic heterocycles. The molecule has 7 nitrogen and oxygen atoms in total. The highest BCUT2D eigenvalue weighted by molar-refractivity contribution is 7.80. The number of amides is 1. The SMILES string of the molecule is CC(C)CCNC(=S)NNC(=O)CCc1nc(-c2cccs2)no1. The van der Waals surface area contributed by atoms with Crippen molar-refractivity contribution in [1.82, 2.24) is 26.3 Å². The Morgan fingerprint density at radius 3 is 2.96 bits per heavy atom. The highest BCUT2D eigenvalue weighted by Gasteiger charge is 2.11. The Kier molecular flexibility index (Phi) is 7.13. The van der Waals surface area contributed by atoms with E-state index in [1.165, 1.54) is 11.3 Å². The lowest BCUT2D eigenvalue weighted by Crippen LogP contribution is -2.47. The molecule has 0 atom stereocenters. The molecule has 0 bridgehead atoms. The average Bonchev–Trinajstić information content (AvgIpc) is 3.21. The summed E-state index contributed by atoms with van der Waals surface area (Å²) in [6, 6.07) is 3.84. The molecule has 0 aliphatic rings. The summed E-state index contributed by atoms with van der Waals surface area (Å²) in [5, 5.41) is 9.28. The van der Waals surface area contributed by atoms with Crippen molar-refractivity contribution in [1.29, 1.82) is 0 Å². The second-order valence-electron chi connectivity index (χ2n) is 5.60. The number of aromatic nitrogens is 2. The number of hydrazine groups is 1. The first kappa shape index (κ1) is 18.3. The highest BCUT2D eigenvalue weighted by atomic mass is 32.1. The summed E-state index contributed by atoms with van der Waals surface area (Å²) in [5.74, 6) is 1.39. The number of thiocarbonyl (C=S) groups is 1. The van der Waals surface area contributed by atoms with Crippen LogP contribution in [-0.2, 0) is 11.2 Å². The van der Waals surface area contributed by atoms with Crippen molar-refractivity contribution in [3.8, 4) is 10.7 Å². The molecule has 3 N–H and O–H groups in total. The third-order valence-corrected chi connectivity index (χ3v) is 4.21. The number of carbonyl (C=O) groups excluding carboxylic acids is 1. The maximum absolute atomic E-state index is 11.8. The third kappa shape index (κ3) is 6.25. The summed E-state index contributed by atoms with van der Waals surface area (Å²) in [4.78, 5) is 17.0. The van der Waals surface area contributed by atoms with Crippen LogP contribution in [0.3, 0.4) is 0 Å². The lowest BCUT2D eigenvalue weighted by Gasteiger charge is -2.12. The number of hydrogen-bond donors (Lipinski definition) is 3. The number of nitrogens with one attached hydrogen (secondary N) is 3. The first-order chi connectivity index (χ1) is 11.5. The van der Waals surface area contributed by atoms with Gasteiger partial charge in [-0.3, -0.25) is 15.6 Å². The van der Waals surface area contributed by atoms with Gasteiger partial charge < -0.3 is 9.84 Å². The summed E-state index contributed by atoms with van der Waals surface area (Å²) in [6.07, 6.45) is 1.62. The van der Waals surface area contributed by atoms with Crippen LogP contribution in [0.1, 0.15) is 32.6 Å². The van der Waals surface area contributed by atoms with E-state index < -0.39 is 0 Å². The number of rotatable bonds is 7. The van der Waals surface area contributed by atoms with Crippen molar-refractivity contribution in [2.75, 3.05) is 6.54 Å². The van der Waals surface area contributed by atoms with Gasteiger partial charge in [0.2, 0.25) is 17.6 Å². The Bertz CT molecular complexity index is 655. The van der Waals surface area contributed by atoms with Crippen LogP contribution < -0.4 is 16.2 Å². The Labute approximate surface area is 150 Å². The van der Waals surface area contributed by atoms with E-state index in [2.05, 4.69) is 40.2 Å². The zero-order chi connectivity index (χ0) is 17.4. The minimum atomic E-state index is -0.195. The third-order valence-electron chi connectivity index (χ3n) is 3.10. The van der Waals surface area contributed by atoms with Crippen LogP contribution in [0.2, 0.25) is 0 Å². The fourth-order valence-corrected chi connectivity index (χ4v) is 2.59. The van der Waals surface area contributed by atoms with Gasteiger partial charge in [0, 0.05) is 19.4 Å². The first-order valence-electron chi connectivity index (χ1n) is 7.73. The van der Waals surface area contributed by atoms with E-state index >= 15 is 0 Å². The average molecular weight is 368 g/mol. The topological polar surface area (TPSA) is 92.1 Å². The normalized spacial score (nSPS) is 10.6. The minimum Gasteiger partial charge on any atom is -0.361 e. The molecular formula is C15H21N5O2S2. The fraction of sp³-hybridized carbons (Fsp3) is 0.467. The number of carbonyl (C=O) groups is 1. The maximum atomic E-state index is 11.8. The van der Waals surface area contributed by atoms with Gasteiger partial charge in [-0.05, 0) is 36.0 Å². The van der Waals surface area contributed by atoms with Gasteiger partial charge >= 0.3 is 0 Å². The molecular weight excluding hydrogens is 346 g/mol. The lowest BCUT2D eigenvalue weighted by atomic mass is 10.1. The second kappa shape index (κ2) is 9.33. The summed E-state index contributed by atoms with van der Waals surface area (Å²) in [7, 11) is 0. The highest BCUT2D eigenvalue weighted by Crippen LogP contribution is 2.21. The number of nitrogens with zero attached hydrogens (tertiary/aromatic N) is 2. The van der Waals surface area contributed by atoms with Crippen molar-refractivity contribution in [3.63, 3.8) is 0 Å². The van der Waals surface area contributed by atoms with Crippen LogP contribution in [0, 0.1) is 5.92 Å². The molecule has 0 unspecified atom stereocenters. The van der Waals surface area contributed by atoms with Gasteiger partial charge in [0.1, 0.15) is 0 Å². The van der Waals surface area contributed by atoms with E-state index in [1.54, 1.807) is 0 Å². The molecule has 2 rings (SSSR count). The Morgan fingerprint density at radius 2 is 2.25 bits per heavy atom. The predicted molar refractivity (Wildman–Crippen MR) is 97.3 cm³/mol. The van der Waals surface area contributed by atoms with Gasteiger partial charge in [-0.25, -0.2) is 0 Å². The summed E-state index contributed by atoms with van der Waals surface area (Å²) >= 11 is 6.61. The number of hydrogen-bond acceptors (Lipinski definition) is 6. The van der Waals surface area contributed by atoms with E-state index in [4.69, 9.17) is 16.7 Å². The van der Waals surface area contributed by atoms with Crippen LogP contribution >= 0.6 is 23.6 Å². The second-order valence-corrected chi connectivity index (χ2v) is 6.96. The van der Waals surface area contributed by atoms with Crippen LogP contribution in [-0.4, -0.2) is 27.7 Å². The summed E-state index contributed by atoms with van der Waals surface area (Å²) in [6.45, 7) is 5.05. The Morgan fingerprint density at radius 1 is 1.42 bits per heavy atom. The van der Waals surface area contributed by atoms with Gasteiger partial charge in [0.15, 0.2) is 5.11 Å². The van der Waals surface area contributed by atoms with Crippen LogP contribution in [0.4, 0.5) is 0 Å². The van der Waals surface area contributed by atoms with E-state index in [1.807, 2.05) is 17.5 Å². The molecule has 0 spiro atoms. The van der Waals surface area contributed by atoms with Crippen LogP contribution in [0.5, 0.6) is 0 Å². The van der Waals surface area contributed by atoms with E-state index in [0.29, 0.717) is 29.2 Å². The van der Waals surface area contributed by atoms with E-state index in [9.17, 15) is 4.79 Å². The first-order valence-corrected chi connectivity index (χ1v) is 9.02. The molecule has 0 radical (unpaired) electrons. The zero-order valence-electron chi connectivity index (χ0n) is 13.7. The molecule has 0 aliphatic carbocycles. The molecule has 0 aliphatic heterocycles. The molecule has 2 aromatic rings. The van der Waals surface area contributed by atoms with Gasteiger partial charge in [-0.1, -0.05) is 25.1 Å². The quantitative estimate of drug-likeness (QED) is 0.511. The largest absolute Gasteiger partial charge is 0.361 e. The molecule has 0 fully saturated rings. The van der Waals surface area contributed by atoms with Crippen molar-refractivity contribution in [3.05, 3.63) is 23.4 Å². The fourth-order valence-electron chi connectivity index (χ4n) is 1.79. The predicted octanol–water partition coefficient (Wildman–Crippen LogP) is 2.27. The lowest BCUT2D eigenvalue weighted by molar-refractivity contribution is -0.121. The smallest absolute Gasteiger partial charge is 0.238 e. The number of thiophene rings is 1. The van der Waals surface area contributed by atoms with Crippen LogP contribution in [0.15, 0.2) is 22.0 Å². The van der Waals surface area contributed by atoms with Crippen molar-refractivity contribution < 1.29 is 9.32 Å². The van der Waals surface area contributed by atoms with Crippen molar-refractivity contribution >= 4 is 34.6 Å². The minimum absolute atomic E-state index is 0.195. The summed E-state index contributed by atoms with van der Waals surface area (Å²) in [5.41, 5.74) is 5.22. The maximum Gasteiger partial charge on any atom is 0.238 e. The van der Waals surface area contributed by atoms with Gasteiger partial charge in [0.25, 0.3) is 0 Å². The molecule has 0 aromatic carbocycles. The van der Waals surface area contributed by atoms with Crippen LogP contribution in [0.25, 0.3) is 10.7 Å². The molecule has 9 heteroatoms. The van der Waals surface area contributed by atoms with Crippen molar-refractivity contribution in [2.45, 2.75) is 33.1 Å². The number of aryl methyl sites for hydroxylation is 1. The summed E-state index contributed by atoms with van der Waals surface area (Å²) < 4.78 is 5.15. The van der Waals surface area contributed by atoms with Gasteiger partial charge in [-0.15, -0.1) is 11.3 Å². The molecule has 130 valence electrons. The standard InChI is InChI=1S/C15H21N5O2S2/c1-10(2)7-8-16-15(23)19-18-12(21)5-6-13-17-14(20-22-13)11-4-3-9-24-11/h3-4,9-10H,5-8H2,1-2H3,(H,18,21)(H2,16,19,23). The van der Waals surface area contributed by atoms with Crippen molar-refractivity contribution in [2.24, 2.45) is 5.92 Å². The monoisotopic (exact) mass is 367 g/mol. The van der Waals surface area contributed by atoms with Gasteiger partial charge in [0.05, 0.1) is 4.88 Å². The molecule has 1 amide bonds.